The Morgan fingerprint density at radius 2 is 0.292 bits per heavy atom. The van der Waals surface area contributed by atoms with Crippen LogP contribution in [0.4, 0.5) is 0 Å². The number of hydrogen-bond donors (Lipinski definition) is 0. The van der Waals surface area contributed by atoms with Crippen molar-refractivity contribution in [3.63, 3.8) is 0 Å². The van der Waals surface area contributed by atoms with Crippen molar-refractivity contribution in [1.29, 1.82) is 0 Å². The van der Waals surface area contributed by atoms with Crippen LogP contribution in [0.15, 0.2) is 485 Å². The Kier molecular flexibility index (Phi) is 19.1. The van der Waals surface area contributed by atoms with E-state index in [1.165, 1.54) is 121 Å². The fourth-order valence-electron chi connectivity index (χ4n) is 19.1. The zero-order valence-corrected chi connectivity index (χ0v) is 70.8. The third-order valence-electron chi connectivity index (χ3n) is 25.5. The van der Waals surface area contributed by atoms with Crippen molar-refractivity contribution in [2.24, 2.45) is 0 Å². The first-order valence-corrected chi connectivity index (χ1v) is 44.2. The molecule has 0 radical (unpaired) electrons. The number of rotatable bonds is 15. The molecule has 0 N–H and O–H groups in total. The first-order valence-electron chi connectivity index (χ1n) is 44.2. The molecule has 130 heavy (non-hydrogen) atoms. The molecule has 0 fully saturated rings. The van der Waals surface area contributed by atoms with Gasteiger partial charge in [0.1, 0.15) is 0 Å². The first-order chi connectivity index (χ1) is 64.4. The van der Waals surface area contributed by atoms with Crippen LogP contribution in [0.5, 0.6) is 0 Å². The van der Waals surface area contributed by atoms with Gasteiger partial charge in [-0.2, -0.15) is 0 Å². The highest BCUT2D eigenvalue weighted by Crippen LogP contribution is 2.44. The number of hydrogen-bond acceptors (Lipinski definition) is 4. The summed E-state index contributed by atoms with van der Waals surface area (Å²) in [5.74, 6) is 1.37. The van der Waals surface area contributed by atoms with Crippen LogP contribution < -0.4 is 0 Å². The Hall–Kier alpha value is -17.5. The lowest BCUT2D eigenvalue weighted by Crippen LogP contribution is -1.97. The smallest absolute Gasteiger partial charge is 0.160 e. The molecule has 0 atom stereocenters. The minimum atomic E-state index is 0.680. The van der Waals surface area contributed by atoms with Crippen LogP contribution in [-0.2, 0) is 0 Å². The van der Waals surface area contributed by atoms with Gasteiger partial charge in [-0.3, -0.25) is 0 Å². The molecule has 6 aromatic heterocycles. The molecule has 19 aromatic carbocycles. The summed E-state index contributed by atoms with van der Waals surface area (Å²) >= 11 is 0. The van der Waals surface area contributed by atoms with Gasteiger partial charge < -0.3 is 18.3 Å². The molecule has 0 amide bonds. The third-order valence-corrected chi connectivity index (χ3v) is 25.5. The van der Waals surface area contributed by atoms with E-state index in [1.807, 2.05) is 24.3 Å². The fraction of sp³-hybridized carbons (Fsp3) is 0. The van der Waals surface area contributed by atoms with Gasteiger partial charge in [-0.1, -0.05) is 328 Å². The largest absolute Gasteiger partial charge is 0.309 e. The van der Waals surface area contributed by atoms with E-state index in [0.29, 0.717) is 11.6 Å². The van der Waals surface area contributed by atoms with Gasteiger partial charge in [0.05, 0.1) is 66.9 Å². The molecule has 8 heteroatoms. The Balaban J connectivity index is 0.000000145. The molecule has 0 aliphatic rings. The normalized spacial score (nSPS) is 11.5. The third kappa shape index (κ3) is 13.9. The second-order valence-electron chi connectivity index (χ2n) is 33.2. The van der Waals surface area contributed by atoms with Crippen molar-refractivity contribution < 1.29 is 0 Å². The van der Waals surface area contributed by atoms with Gasteiger partial charge in [-0.15, -0.1) is 0 Å². The van der Waals surface area contributed by atoms with Crippen molar-refractivity contribution in [2.75, 3.05) is 0 Å². The average molecular weight is 1660 g/mol. The van der Waals surface area contributed by atoms with Gasteiger partial charge in [-0.05, 0) is 213 Å². The first kappa shape index (κ1) is 76.2. The zero-order valence-electron chi connectivity index (χ0n) is 70.8. The Morgan fingerprint density at radius 1 is 0.115 bits per heavy atom. The predicted molar refractivity (Wildman–Crippen MR) is 541 cm³/mol. The van der Waals surface area contributed by atoms with E-state index in [1.54, 1.807) is 0 Å². The summed E-state index contributed by atoms with van der Waals surface area (Å²) in [7, 11) is 0. The van der Waals surface area contributed by atoms with E-state index in [0.717, 1.165) is 101 Å². The topological polar surface area (TPSA) is 71.3 Å². The van der Waals surface area contributed by atoms with Crippen molar-refractivity contribution in [3.8, 4) is 146 Å². The molecule has 6 heterocycles. The van der Waals surface area contributed by atoms with Gasteiger partial charge in [0.15, 0.2) is 11.6 Å². The maximum absolute atomic E-state index is 5.23. The summed E-state index contributed by atoms with van der Waals surface area (Å²) in [4.78, 5) is 20.8. The molecule has 608 valence electrons. The predicted octanol–water partition coefficient (Wildman–Crippen LogP) is 31.7. The summed E-state index contributed by atoms with van der Waals surface area (Å²) < 4.78 is 9.48. The van der Waals surface area contributed by atoms with Crippen LogP contribution >= 0.6 is 0 Å². The van der Waals surface area contributed by atoms with Crippen LogP contribution in [0, 0.1) is 0 Å². The van der Waals surface area contributed by atoms with Crippen molar-refractivity contribution in [2.45, 2.75) is 0 Å². The van der Waals surface area contributed by atoms with Crippen LogP contribution in [0.2, 0.25) is 0 Å². The second kappa shape index (κ2) is 32.6. The second-order valence-corrected chi connectivity index (χ2v) is 33.2. The summed E-state index contributed by atoms with van der Waals surface area (Å²) in [6.07, 6.45) is 0. The monoisotopic (exact) mass is 1660 g/mol. The Morgan fingerprint density at radius 3 is 0.554 bits per heavy atom. The molecule has 0 unspecified atom stereocenters. The van der Waals surface area contributed by atoms with Gasteiger partial charge in [0, 0.05) is 99.2 Å². The molecule has 0 bridgehead atoms. The molecular formula is C122H80N8. The molecule has 0 aliphatic heterocycles. The number of benzene rings is 19. The highest BCUT2D eigenvalue weighted by molar-refractivity contribution is 6.15. The maximum Gasteiger partial charge on any atom is 0.160 e. The molecule has 0 spiro atoms. The standard InChI is InChI=1S/C64H42N4.C58H38N4/c1-4-14-43(15-5-1)45-24-28-47(29-25-45)58-42-59(48-30-26-46(27-31-48)44-16-6-2-7-17-44)66-64(65-58)49-32-36-53(37-33-49)68-61-23-13-11-21-55(61)57-41-51(35-39-63(57)68)50-34-38-62-56(40-50)54-20-10-12-22-60(54)67(62)52-18-8-3-9-19-52;1-4-14-39(15-5-1)40-24-26-42(27-25-40)53-38-52(41-16-6-2-7-17-41)59-58(60-53)43-28-32-47(33-29-43)62-55-23-13-11-21-49(55)51-37-45(31-35-57(51)62)44-30-34-56-50(36-44)48-20-10-12-22-54(48)61(56)46-18-8-3-9-19-46/h1-42H;1-38H. The minimum Gasteiger partial charge on any atom is -0.309 e. The van der Waals surface area contributed by atoms with Gasteiger partial charge in [0.2, 0.25) is 0 Å². The molecule has 25 aromatic rings. The van der Waals surface area contributed by atoms with E-state index in [9.17, 15) is 0 Å². The molecular weight excluding hydrogens is 1580 g/mol. The summed E-state index contributed by atoms with van der Waals surface area (Å²) in [6, 6.07) is 173. The molecule has 0 saturated heterocycles. The van der Waals surface area contributed by atoms with E-state index in [4.69, 9.17) is 19.9 Å². The lowest BCUT2D eigenvalue weighted by Gasteiger charge is -2.12. The lowest BCUT2D eigenvalue weighted by molar-refractivity contribution is 1.16. The van der Waals surface area contributed by atoms with E-state index < -0.39 is 0 Å². The highest BCUT2D eigenvalue weighted by atomic mass is 15.0. The van der Waals surface area contributed by atoms with Crippen molar-refractivity contribution >= 4 is 87.2 Å². The maximum atomic E-state index is 5.23. The quantitative estimate of drug-likeness (QED) is 0.103. The van der Waals surface area contributed by atoms with Crippen LogP contribution in [0.1, 0.15) is 0 Å². The number of fused-ring (bicyclic) bond motifs is 12. The summed E-state index contributed by atoms with van der Waals surface area (Å²) in [5, 5.41) is 9.86. The van der Waals surface area contributed by atoms with Gasteiger partial charge in [0.25, 0.3) is 0 Å². The molecule has 0 aliphatic carbocycles. The minimum absolute atomic E-state index is 0.680. The average Bonchev–Trinajstić information content (AvgIpc) is 1.60. The van der Waals surface area contributed by atoms with Gasteiger partial charge >= 0.3 is 0 Å². The number of aromatic nitrogens is 8. The van der Waals surface area contributed by atoms with E-state index >= 15 is 0 Å². The zero-order chi connectivity index (χ0) is 86.0. The Labute approximate surface area is 751 Å². The van der Waals surface area contributed by atoms with Crippen molar-refractivity contribution in [3.05, 3.63) is 485 Å². The van der Waals surface area contributed by atoms with Crippen LogP contribution in [0.3, 0.4) is 0 Å². The highest BCUT2D eigenvalue weighted by Gasteiger charge is 2.22. The van der Waals surface area contributed by atoms with Crippen molar-refractivity contribution in [1.82, 2.24) is 38.2 Å². The molecule has 25 rings (SSSR count). The molecule has 8 nitrogen and oxygen atoms in total. The summed E-state index contributed by atoms with van der Waals surface area (Å²) in [5.41, 5.74) is 35.4. The Bertz CT molecular complexity index is 8460. The molecule has 0 saturated carbocycles. The number of nitrogens with zero attached hydrogens (tertiary/aromatic N) is 8. The van der Waals surface area contributed by atoms with E-state index in [-0.39, 0.29) is 0 Å². The fourth-order valence-corrected chi connectivity index (χ4v) is 19.1. The SMILES string of the molecule is c1ccc(-c2ccc(-c3cc(-c4ccc(-c5ccccc5)cc4)nc(-c4ccc(-n5c6ccccc6c6cc(-c7ccc8c(c7)c7ccccc7n8-c7ccccc7)ccc65)cc4)n3)cc2)cc1.c1ccc(-c2ccc(-c3cc(-c4ccccc4)nc(-c4ccc(-n5c6ccccc6c6cc(-c7ccc8c(c7)c7ccccc7n8-c7ccccc7)ccc65)cc4)n3)cc2)cc1. The van der Waals surface area contributed by atoms with Crippen LogP contribution in [-0.4, -0.2) is 38.2 Å². The lowest BCUT2D eigenvalue weighted by atomic mass is 10.0. The van der Waals surface area contributed by atoms with E-state index in [2.05, 4.69) is 479 Å². The number of para-hydroxylation sites is 6. The van der Waals surface area contributed by atoms with Gasteiger partial charge in [-0.25, -0.2) is 19.9 Å². The summed E-state index contributed by atoms with van der Waals surface area (Å²) in [6.45, 7) is 0. The van der Waals surface area contributed by atoms with Crippen LogP contribution in [0.25, 0.3) is 233 Å².